The third-order valence-corrected chi connectivity index (χ3v) is 16.3. The van der Waals surface area contributed by atoms with Crippen LogP contribution in [0.2, 0.25) is 0 Å². The molecule has 0 heterocycles. The molecule has 18 heteroatoms. The van der Waals surface area contributed by atoms with Gasteiger partial charge in [-0.15, -0.1) is 0 Å². The highest BCUT2D eigenvalue weighted by molar-refractivity contribution is 7.47. The van der Waals surface area contributed by atoms with Gasteiger partial charge in [0, 0.05) is 19.3 Å². The van der Waals surface area contributed by atoms with Crippen LogP contribution in [0.15, 0.2) is 170 Å². The molecular weight excluding hydrogens is 1270 g/mol. The van der Waals surface area contributed by atoms with Gasteiger partial charge in [-0.1, -0.05) is 255 Å². The summed E-state index contributed by atoms with van der Waals surface area (Å²) in [4.78, 5) is 58.5. The van der Waals surface area contributed by atoms with Crippen LogP contribution in [0.3, 0.4) is 0 Å². The number of phosphoric ester groups is 2. The number of phosphoric acid groups is 2. The summed E-state index contributed by atoms with van der Waals surface area (Å²) in [5.41, 5.74) is 0. The SMILES string of the molecule is CC/C=C\C/C=C\C/C=C\C/C=C\C/C=C\CCCCCCCCCCCC(=O)OCC(O)COP(=O)(O)OCC(O)COP(=O)(O)OCC(COC(=O)CCCCC/C=C\C/C=C\C/C=C\C/C=C\C/C=C\CC)OC(=O)CCCCCC/C=C\C/C=C\C/C=C\C/C=C\CC. The topological polar surface area (TPSA) is 231 Å². The molecule has 16 nitrogen and oxygen atoms in total. The Kier molecular flexibility index (Phi) is 67.0. The van der Waals surface area contributed by atoms with E-state index in [1.54, 1.807) is 0 Å². The molecule has 0 radical (unpaired) electrons. The van der Waals surface area contributed by atoms with Crippen molar-refractivity contribution in [2.75, 3.05) is 39.6 Å². The highest BCUT2D eigenvalue weighted by Crippen LogP contribution is 2.45. The molecule has 97 heavy (non-hydrogen) atoms. The summed E-state index contributed by atoms with van der Waals surface area (Å²) >= 11 is 0. The molecule has 550 valence electrons. The number of carbonyl (C=O) groups excluding carboxylic acids is 3. The van der Waals surface area contributed by atoms with E-state index >= 15 is 0 Å². The van der Waals surface area contributed by atoms with Crippen LogP contribution in [0.4, 0.5) is 0 Å². The summed E-state index contributed by atoms with van der Waals surface area (Å²) in [5.74, 6) is -1.66. The molecule has 0 amide bonds. The molecule has 0 aromatic rings. The zero-order valence-corrected chi connectivity index (χ0v) is 61.5. The Morgan fingerprint density at radius 2 is 0.515 bits per heavy atom. The van der Waals surface area contributed by atoms with Crippen molar-refractivity contribution < 1.29 is 75.8 Å². The van der Waals surface area contributed by atoms with Crippen molar-refractivity contribution in [3.05, 3.63) is 170 Å². The Balaban J connectivity index is 4.69. The maximum absolute atomic E-state index is 12.9. The van der Waals surface area contributed by atoms with Gasteiger partial charge in [0.15, 0.2) is 6.10 Å². The van der Waals surface area contributed by atoms with E-state index in [9.17, 15) is 43.5 Å². The van der Waals surface area contributed by atoms with Crippen LogP contribution in [0.1, 0.15) is 252 Å². The monoisotopic (exact) mass is 1390 g/mol. The Bertz CT molecular complexity index is 2440. The zero-order chi connectivity index (χ0) is 70.9. The zero-order valence-electron chi connectivity index (χ0n) is 59.7. The fourth-order valence-electron chi connectivity index (χ4n) is 8.97. The number of unbranched alkanes of at least 4 members (excludes halogenated alkanes) is 16. The van der Waals surface area contributed by atoms with Crippen molar-refractivity contribution in [1.29, 1.82) is 0 Å². The minimum absolute atomic E-state index is 0.0622. The lowest BCUT2D eigenvalue weighted by molar-refractivity contribution is -0.161. The maximum Gasteiger partial charge on any atom is 0.472 e. The second-order valence-electron chi connectivity index (χ2n) is 23.6. The van der Waals surface area contributed by atoms with Gasteiger partial charge in [-0.2, -0.15) is 0 Å². The number of hydrogen-bond acceptors (Lipinski definition) is 14. The highest BCUT2D eigenvalue weighted by atomic mass is 31.2. The molecule has 0 aromatic heterocycles. The Hall–Kier alpha value is -5.09. The molecule has 0 fully saturated rings. The Morgan fingerprint density at radius 3 is 0.825 bits per heavy atom. The summed E-state index contributed by atoms with van der Waals surface area (Å²) in [6.45, 7) is 2.23. The molecule has 0 aliphatic heterocycles. The van der Waals surface area contributed by atoms with E-state index in [-0.39, 0.29) is 19.3 Å². The van der Waals surface area contributed by atoms with Crippen LogP contribution < -0.4 is 0 Å². The number of aliphatic hydroxyl groups excluding tert-OH is 2. The van der Waals surface area contributed by atoms with Crippen LogP contribution in [-0.4, -0.2) is 95.9 Å². The molecular formula is C79H128O16P2. The normalized spacial score (nSPS) is 15.1. The van der Waals surface area contributed by atoms with Crippen LogP contribution in [0.25, 0.3) is 0 Å². The van der Waals surface area contributed by atoms with Gasteiger partial charge >= 0.3 is 33.6 Å². The maximum atomic E-state index is 12.9. The second-order valence-corrected chi connectivity index (χ2v) is 26.5. The van der Waals surface area contributed by atoms with Gasteiger partial charge in [-0.3, -0.25) is 32.5 Å². The lowest BCUT2D eigenvalue weighted by Crippen LogP contribution is -2.30. The fraction of sp³-hybridized carbons (Fsp3) is 0.608. The van der Waals surface area contributed by atoms with E-state index in [0.717, 1.165) is 167 Å². The predicted octanol–water partition coefficient (Wildman–Crippen LogP) is 20.9. The number of allylic oxidation sites excluding steroid dienone is 28. The number of carbonyl (C=O) groups is 3. The van der Waals surface area contributed by atoms with Gasteiger partial charge in [0.2, 0.25) is 0 Å². The average molecular weight is 1400 g/mol. The van der Waals surface area contributed by atoms with Crippen LogP contribution in [-0.2, 0) is 55.8 Å². The van der Waals surface area contributed by atoms with E-state index in [4.69, 9.17) is 32.3 Å². The van der Waals surface area contributed by atoms with Gasteiger partial charge in [-0.05, 0) is 148 Å². The summed E-state index contributed by atoms with van der Waals surface area (Å²) in [6, 6.07) is 0. The average Bonchev–Trinajstić information content (AvgIpc) is 2.50. The summed E-state index contributed by atoms with van der Waals surface area (Å²) in [7, 11) is -9.82. The lowest BCUT2D eigenvalue weighted by Gasteiger charge is -2.21. The molecule has 5 atom stereocenters. The van der Waals surface area contributed by atoms with Crippen molar-refractivity contribution in [3.8, 4) is 0 Å². The molecule has 0 saturated heterocycles. The van der Waals surface area contributed by atoms with E-state index in [0.29, 0.717) is 19.3 Å². The van der Waals surface area contributed by atoms with Crippen molar-refractivity contribution in [2.24, 2.45) is 0 Å². The second kappa shape index (κ2) is 70.8. The van der Waals surface area contributed by atoms with Crippen molar-refractivity contribution in [1.82, 2.24) is 0 Å². The van der Waals surface area contributed by atoms with Gasteiger partial charge in [0.1, 0.15) is 25.4 Å². The Morgan fingerprint density at radius 1 is 0.289 bits per heavy atom. The first-order valence-corrected chi connectivity index (χ1v) is 39.4. The lowest BCUT2D eigenvalue weighted by atomic mass is 10.1. The van der Waals surface area contributed by atoms with E-state index < -0.39 is 91.5 Å². The first kappa shape index (κ1) is 91.9. The highest BCUT2D eigenvalue weighted by Gasteiger charge is 2.29. The van der Waals surface area contributed by atoms with E-state index in [2.05, 4.69) is 191 Å². The van der Waals surface area contributed by atoms with Crippen molar-refractivity contribution in [2.45, 2.75) is 270 Å². The van der Waals surface area contributed by atoms with Gasteiger partial charge in [0.05, 0.1) is 26.4 Å². The first-order chi connectivity index (χ1) is 47.2. The fourth-order valence-corrected chi connectivity index (χ4v) is 10.6. The minimum atomic E-state index is -4.95. The molecule has 0 aliphatic carbocycles. The standard InChI is InChI=1S/C79H128O16P2/c1-4-7-10-13-16-19-22-25-28-31-33-34-35-36-37-38-40-43-44-47-50-53-56-59-62-65-77(82)89-68-74(80)69-91-96(85,86)92-70-75(81)71-93-97(87,88)94-73-76(95-79(84)67-64-61-58-55-52-49-46-41-30-27-24-21-18-15-12-9-6-3)72-90-78(83)66-63-60-57-54-51-48-45-42-39-32-29-26-23-20-17-14-11-8-5-2/h7-12,16-21,25-30,33-34,36-37,39,42,46,48-49,51,74-76,80-81H,4-6,13-15,22-24,31-32,35,38,40-41,43-45,47,50,52-73H2,1-3H3,(H,85,86)(H,87,88)/b10-7-,11-8-,12-9-,19-16-,20-17-,21-18-,28-25-,29-26-,30-27-,34-33-,37-36-,42-39-,49-46-,51-48-. The van der Waals surface area contributed by atoms with Gasteiger partial charge in [-0.25, -0.2) is 9.13 Å². The molecule has 4 N–H and O–H groups in total. The predicted molar refractivity (Wildman–Crippen MR) is 398 cm³/mol. The molecule has 5 unspecified atom stereocenters. The number of hydrogen-bond donors (Lipinski definition) is 4. The molecule has 0 rings (SSSR count). The largest absolute Gasteiger partial charge is 0.472 e. The molecule has 0 spiro atoms. The smallest absolute Gasteiger partial charge is 0.463 e. The van der Waals surface area contributed by atoms with Crippen LogP contribution in [0, 0.1) is 0 Å². The van der Waals surface area contributed by atoms with Crippen LogP contribution >= 0.6 is 15.6 Å². The van der Waals surface area contributed by atoms with Gasteiger partial charge < -0.3 is 34.2 Å². The molecule has 0 aliphatic rings. The number of rotatable bonds is 67. The summed E-state index contributed by atoms with van der Waals surface area (Å²) < 4.78 is 61.0. The van der Waals surface area contributed by atoms with Gasteiger partial charge in [0.25, 0.3) is 0 Å². The first-order valence-electron chi connectivity index (χ1n) is 36.4. The number of ether oxygens (including phenoxy) is 3. The molecule has 0 aromatic carbocycles. The quantitative estimate of drug-likeness (QED) is 0.0146. The van der Waals surface area contributed by atoms with E-state index in [1.807, 2.05) is 0 Å². The van der Waals surface area contributed by atoms with Crippen molar-refractivity contribution in [3.63, 3.8) is 0 Å². The third-order valence-electron chi connectivity index (χ3n) is 14.4. The minimum Gasteiger partial charge on any atom is -0.463 e. The number of aliphatic hydroxyl groups is 2. The summed E-state index contributed by atoms with van der Waals surface area (Å²) in [6.07, 6.45) is 88.3. The number of esters is 3. The third kappa shape index (κ3) is 72.0. The van der Waals surface area contributed by atoms with E-state index in [1.165, 1.54) is 25.7 Å². The molecule has 0 bridgehead atoms. The Labute approximate surface area is 586 Å². The molecule has 0 saturated carbocycles. The summed E-state index contributed by atoms with van der Waals surface area (Å²) in [5, 5.41) is 20.6. The van der Waals surface area contributed by atoms with Crippen LogP contribution in [0.5, 0.6) is 0 Å². The van der Waals surface area contributed by atoms with Crippen molar-refractivity contribution >= 4 is 33.6 Å².